The topological polar surface area (TPSA) is 138 Å². The van der Waals surface area contributed by atoms with E-state index in [9.17, 15) is 15.3 Å². The second-order valence-corrected chi connectivity index (χ2v) is 10.7. The number of benzene rings is 2. The summed E-state index contributed by atoms with van der Waals surface area (Å²) in [5.41, 5.74) is 3.53. The van der Waals surface area contributed by atoms with Crippen molar-refractivity contribution in [3.63, 3.8) is 0 Å². The number of hydrogen-bond acceptors (Lipinski definition) is 9. The number of imidazole rings is 1. The number of anilines is 2. The summed E-state index contributed by atoms with van der Waals surface area (Å²) in [5, 5.41) is 37.5. The Morgan fingerprint density at radius 1 is 0.925 bits per heavy atom. The van der Waals surface area contributed by atoms with Gasteiger partial charge in [0.1, 0.15) is 18.3 Å². The van der Waals surface area contributed by atoms with Crippen LogP contribution in [0.15, 0.2) is 67.0 Å². The molecule has 0 amide bonds. The highest BCUT2D eigenvalue weighted by molar-refractivity contribution is 5.84. The fourth-order valence-corrected chi connectivity index (χ4v) is 5.88. The van der Waals surface area contributed by atoms with E-state index in [1.807, 2.05) is 12.1 Å². The van der Waals surface area contributed by atoms with E-state index in [-0.39, 0.29) is 5.92 Å². The highest BCUT2D eigenvalue weighted by Crippen LogP contribution is 2.34. The van der Waals surface area contributed by atoms with Crippen molar-refractivity contribution in [2.75, 3.05) is 23.8 Å². The molecule has 2 aliphatic rings. The van der Waals surface area contributed by atoms with Gasteiger partial charge in [-0.1, -0.05) is 73.5 Å². The molecule has 5 N–H and O–H groups in total. The number of fused-ring (bicyclic) bond motifs is 1. The highest BCUT2D eigenvalue weighted by atomic mass is 16.6. The van der Waals surface area contributed by atoms with Gasteiger partial charge in [-0.15, -0.1) is 0 Å². The third kappa shape index (κ3) is 5.40. The van der Waals surface area contributed by atoms with Gasteiger partial charge >= 0.3 is 0 Å². The third-order valence-corrected chi connectivity index (χ3v) is 8.03. The van der Waals surface area contributed by atoms with Crippen LogP contribution in [0.2, 0.25) is 0 Å². The van der Waals surface area contributed by atoms with Crippen LogP contribution in [-0.4, -0.2) is 72.3 Å². The molecule has 0 bridgehead atoms. The van der Waals surface area contributed by atoms with Gasteiger partial charge < -0.3 is 30.7 Å². The average Bonchev–Trinajstić information content (AvgIpc) is 3.72. The third-order valence-electron chi connectivity index (χ3n) is 8.03. The van der Waals surface area contributed by atoms with E-state index < -0.39 is 31.1 Å². The Kier molecular flexibility index (Phi) is 7.92. The van der Waals surface area contributed by atoms with Crippen LogP contribution < -0.4 is 10.6 Å². The Balaban J connectivity index is 1.29. The second-order valence-electron chi connectivity index (χ2n) is 10.7. The zero-order chi connectivity index (χ0) is 27.5. The first-order valence-corrected chi connectivity index (χ1v) is 14.1. The maximum Gasteiger partial charge on any atom is 0.227 e. The van der Waals surface area contributed by atoms with Crippen LogP contribution in [0.4, 0.5) is 11.8 Å². The first kappa shape index (κ1) is 26.6. The standard InChI is InChI=1S/C30H36N6O4/c37-17-23-25(38)26(39)29(40-23)36-18-32-24-27(34-30(35-28(24)36)33-21-13-7-8-14-21)31-16-15-22(19-9-3-1-4-10-19)20-11-5-2-6-12-20/h1-6,9-12,18,21-23,25-26,29,37-39H,7-8,13-17H2,(H2,31,33,34,35)/t23-,25-,26-,29-/m1/s1. The molecule has 6 rings (SSSR count). The van der Waals surface area contributed by atoms with Crippen molar-refractivity contribution in [1.29, 1.82) is 0 Å². The van der Waals surface area contributed by atoms with Gasteiger partial charge in [0.25, 0.3) is 0 Å². The van der Waals surface area contributed by atoms with Gasteiger partial charge in [-0.25, -0.2) is 4.98 Å². The Labute approximate surface area is 233 Å². The van der Waals surface area contributed by atoms with E-state index in [1.165, 1.54) is 24.0 Å². The van der Waals surface area contributed by atoms with E-state index in [4.69, 9.17) is 14.7 Å². The summed E-state index contributed by atoms with van der Waals surface area (Å²) in [4.78, 5) is 14.1. The van der Waals surface area contributed by atoms with Crippen molar-refractivity contribution >= 4 is 22.9 Å². The number of ether oxygens (including phenoxy) is 1. The molecule has 4 aromatic rings. The molecule has 0 spiro atoms. The largest absolute Gasteiger partial charge is 0.394 e. The van der Waals surface area contributed by atoms with Crippen LogP contribution in [0, 0.1) is 0 Å². The quantitative estimate of drug-likeness (QED) is 0.203. The van der Waals surface area contributed by atoms with Crippen LogP contribution in [-0.2, 0) is 4.74 Å². The molecule has 1 saturated carbocycles. The lowest BCUT2D eigenvalue weighted by Crippen LogP contribution is -2.33. The van der Waals surface area contributed by atoms with Crippen molar-refractivity contribution in [2.45, 2.75) is 68.6 Å². The molecule has 2 aromatic carbocycles. The number of nitrogens with one attached hydrogen (secondary N) is 2. The normalized spacial score (nSPS) is 23.3. The van der Waals surface area contributed by atoms with Gasteiger partial charge in [-0.2, -0.15) is 9.97 Å². The maximum atomic E-state index is 10.7. The minimum atomic E-state index is -1.23. The molecule has 1 aliphatic carbocycles. The number of nitrogens with zero attached hydrogens (tertiary/aromatic N) is 4. The minimum Gasteiger partial charge on any atom is -0.394 e. The number of aliphatic hydroxyl groups excluding tert-OH is 3. The molecular formula is C30H36N6O4. The number of aliphatic hydroxyl groups is 3. The first-order chi connectivity index (χ1) is 19.6. The van der Waals surface area contributed by atoms with Crippen molar-refractivity contribution in [1.82, 2.24) is 19.5 Å². The molecule has 10 nitrogen and oxygen atoms in total. The summed E-state index contributed by atoms with van der Waals surface area (Å²) in [7, 11) is 0. The summed E-state index contributed by atoms with van der Waals surface area (Å²) in [6, 6.07) is 21.3. The molecule has 3 heterocycles. The van der Waals surface area contributed by atoms with Crippen LogP contribution in [0.1, 0.15) is 55.4 Å². The highest BCUT2D eigenvalue weighted by Gasteiger charge is 2.44. The Bertz CT molecular complexity index is 1360. The lowest BCUT2D eigenvalue weighted by molar-refractivity contribution is -0.0511. The summed E-state index contributed by atoms with van der Waals surface area (Å²) in [6.45, 7) is 0.242. The fraction of sp³-hybridized carbons (Fsp3) is 0.433. The van der Waals surface area contributed by atoms with Gasteiger partial charge in [0.15, 0.2) is 23.2 Å². The lowest BCUT2D eigenvalue weighted by atomic mass is 9.88. The summed E-state index contributed by atoms with van der Waals surface area (Å²) >= 11 is 0. The molecule has 0 radical (unpaired) electrons. The Morgan fingerprint density at radius 3 is 2.23 bits per heavy atom. The predicted octanol–water partition coefficient (Wildman–Crippen LogP) is 3.43. The van der Waals surface area contributed by atoms with Gasteiger partial charge in [0.2, 0.25) is 5.95 Å². The predicted molar refractivity (Wildman–Crippen MR) is 152 cm³/mol. The second kappa shape index (κ2) is 11.9. The molecule has 210 valence electrons. The molecule has 2 fully saturated rings. The lowest BCUT2D eigenvalue weighted by Gasteiger charge is -2.20. The SMILES string of the molecule is OC[C@H]1O[C@@H](n2cnc3c(NCCC(c4ccccc4)c4ccccc4)nc(NC4CCCC4)nc32)[C@H](O)[C@@H]1O. The van der Waals surface area contributed by atoms with Crippen molar-refractivity contribution in [2.24, 2.45) is 0 Å². The minimum absolute atomic E-state index is 0.208. The number of rotatable bonds is 10. The van der Waals surface area contributed by atoms with Crippen molar-refractivity contribution in [3.8, 4) is 0 Å². The van der Waals surface area contributed by atoms with Crippen LogP contribution in [0.25, 0.3) is 11.2 Å². The zero-order valence-corrected chi connectivity index (χ0v) is 22.3. The number of aromatic nitrogens is 4. The van der Waals surface area contributed by atoms with Gasteiger partial charge in [-0.3, -0.25) is 4.57 Å². The molecule has 10 heteroatoms. The van der Waals surface area contributed by atoms with E-state index >= 15 is 0 Å². The van der Waals surface area contributed by atoms with E-state index in [0.717, 1.165) is 19.3 Å². The van der Waals surface area contributed by atoms with Gasteiger partial charge in [0, 0.05) is 18.5 Å². The average molecular weight is 545 g/mol. The first-order valence-electron chi connectivity index (χ1n) is 14.1. The smallest absolute Gasteiger partial charge is 0.227 e. The fourth-order valence-electron chi connectivity index (χ4n) is 5.88. The molecule has 0 unspecified atom stereocenters. The van der Waals surface area contributed by atoms with Gasteiger partial charge in [0.05, 0.1) is 12.9 Å². The molecule has 1 saturated heterocycles. The summed E-state index contributed by atoms with van der Waals surface area (Å²) in [6.07, 6.45) is 2.59. The van der Waals surface area contributed by atoms with Crippen LogP contribution >= 0.6 is 0 Å². The summed E-state index contributed by atoms with van der Waals surface area (Å²) < 4.78 is 7.40. The zero-order valence-electron chi connectivity index (χ0n) is 22.3. The van der Waals surface area contributed by atoms with E-state index in [2.05, 4.69) is 64.1 Å². The van der Waals surface area contributed by atoms with E-state index in [1.54, 1.807) is 10.9 Å². The molecule has 4 atom stereocenters. The van der Waals surface area contributed by atoms with E-state index in [0.29, 0.717) is 35.5 Å². The Hall–Kier alpha value is -3.57. The van der Waals surface area contributed by atoms with Crippen LogP contribution in [0.3, 0.4) is 0 Å². The molecular weight excluding hydrogens is 508 g/mol. The molecule has 40 heavy (non-hydrogen) atoms. The van der Waals surface area contributed by atoms with Crippen LogP contribution in [0.5, 0.6) is 0 Å². The summed E-state index contributed by atoms with van der Waals surface area (Å²) in [5.74, 6) is 1.29. The Morgan fingerprint density at radius 2 is 1.60 bits per heavy atom. The molecule has 2 aromatic heterocycles. The number of hydrogen-bond donors (Lipinski definition) is 5. The maximum absolute atomic E-state index is 10.7. The molecule has 1 aliphatic heterocycles. The van der Waals surface area contributed by atoms with Gasteiger partial charge in [-0.05, 0) is 30.4 Å². The van der Waals surface area contributed by atoms with Crippen molar-refractivity contribution < 1.29 is 20.1 Å². The van der Waals surface area contributed by atoms with Crippen molar-refractivity contribution in [3.05, 3.63) is 78.1 Å². The monoisotopic (exact) mass is 544 g/mol.